The van der Waals surface area contributed by atoms with Gasteiger partial charge in [0.1, 0.15) is 0 Å². The minimum absolute atomic E-state index is 0.0763. The maximum atomic E-state index is 12.2. The van der Waals surface area contributed by atoms with Crippen molar-refractivity contribution in [2.75, 3.05) is 12.8 Å². The normalized spacial score (nSPS) is 23.5. The summed E-state index contributed by atoms with van der Waals surface area (Å²) in [5.41, 5.74) is 2.61. The lowest BCUT2D eigenvalue weighted by atomic mass is 9.95. The molecule has 1 heterocycles. The van der Waals surface area contributed by atoms with Crippen molar-refractivity contribution in [2.45, 2.75) is 36.6 Å². The summed E-state index contributed by atoms with van der Waals surface area (Å²) in [6.45, 7) is 1.61. The third-order valence-corrected chi connectivity index (χ3v) is 5.64. The van der Waals surface area contributed by atoms with E-state index >= 15 is 0 Å². The topological polar surface area (TPSA) is 41.1 Å². The van der Waals surface area contributed by atoms with Crippen LogP contribution in [0.1, 0.15) is 24.0 Å². The van der Waals surface area contributed by atoms with E-state index < -0.39 is 0 Å². The number of thioether (sulfide) groups is 1. The van der Waals surface area contributed by atoms with Crippen molar-refractivity contribution >= 4 is 17.7 Å². The maximum absolute atomic E-state index is 12.2. The summed E-state index contributed by atoms with van der Waals surface area (Å²) in [5.74, 6) is 0.148. The highest BCUT2D eigenvalue weighted by atomic mass is 32.2. The van der Waals surface area contributed by atoms with Crippen molar-refractivity contribution in [3.63, 3.8) is 0 Å². The molecular weight excluding hydrogens is 256 g/mol. The van der Waals surface area contributed by atoms with E-state index in [1.54, 1.807) is 0 Å². The highest BCUT2D eigenvalue weighted by molar-refractivity contribution is 8.00. The van der Waals surface area contributed by atoms with Crippen LogP contribution < -0.4 is 10.6 Å². The molecule has 2 aliphatic rings. The number of amides is 1. The van der Waals surface area contributed by atoms with Crippen molar-refractivity contribution in [3.8, 4) is 0 Å². The number of nitrogens with one attached hydrogen (secondary N) is 2. The minimum Gasteiger partial charge on any atom is -0.353 e. The monoisotopic (exact) mass is 276 g/mol. The number of carbonyl (C=O) groups is 1. The number of fused-ring (bicyclic) bond motifs is 1. The predicted molar refractivity (Wildman–Crippen MR) is 79.3 cm³/mol. The molecule has 1 fully saturated rings. The first-order valence-electron chi connectivity index (χ1n) is 6.85. The Balaban J connectivity index is 1.57. The van der Waals surface area contributed by atoms with Crippen LogP contribution in [0.3, 0.4) is 0 Å². The molecule has 1 atom stereocenters. The van der Waals surface area contributed by atoms with Gasteiger partial charge in [-0.15, -0.1) is 0 Å². The molecule has 1 aromatic rings. The Labute approximate surface area is 118 Å². The molecule has 1 saturated carbocycles. The van der Waals surface area contributed by atoms with Gasteiger partial charge >= 0.3 is 0 Å². The quantitative estimate of drug-likeness (QED) is 0.880. The molecule has 0 aromatic heterocycles. The van der Waals surface area contributed by atoms with E-state index in [1.807, 2.05) is 17.8 Å². The average Bonchev–Trinajstić information content (AvgIpc) is 3.25. The molecule has 0 radical (unpaired) electrons. The molecule has 1 amide bonds. The Kier molecular flexibility index (Phi) is 3.54. The number of benzene rings is 1. The van der Waals surface area contributed by atoms with E-state index in [4.69, 9.17) is 0 Å². The summed E-state index contributed by atoms with van der Waals surface area (Å²) >= 11 is 1.88. The average molecular weight is 276 g/mol. The van der Waals surface area contributed by atoms with Crippen LogP contribution in [0.2, 0.25) is 0 Å². The summed E-state index contributed by atoms with van der Waals surface area (Å²) < 4.78 is 0.336. The smallest absolute Gasteiger partial charge is 0.237 e. The molecule has 1 aliphatic carbocycles. The van der Waals surface area contributed by atoms with E-state index in [-0.39, 0.29) is 11.9 Å². The molecule has 2 N–H and O–H groups in total. The predicted octanol–water partition coefficient (Wildman–Crippen LogP) is 1.71. The molecular formula is C15H20N2OS. The van der Waals surface area contributed by atoms with E-state index in [9.17, 15) is 4.79 Å². The number of rotatable bonds is 4. The summed E-state index contributed by atoms with van der Waals surface area (Å²) in [7, 11) is 0. The third-order valence-electron chi connectivity index (χ3n) is 4.22. The van der Waals surface area contributed by atoms with E-state index in [0.29, 0.717) is 4.75 Å². The van der Waals surface area contributed by atoms with Crippen LogP contribution in [0.15, 0.2) is 24.3 Å². The zero-order chi connectivity index (χ0) is 13.3. The third kappa shape index (κ3) is 2.79. The summed E-state index contributed by atoms with van der Waals surface area (Å²) in [5, 5.41) is 6.45. The van der Waals surface area contributed by atoms with Crippen molar-refractivity contribution in [3.05, 3.63) is 35.4 Å². The minimum atomic E-state index is -0.0763. The summed E-state index contributed by atoms with van der Waals surface area (Å²) in [6.07, 6.45) is 5.40. The van der Waals surface area contributed by atoms with Gasteiger partial charge in [-0.25, -0.2) is 0 Å². The van der Waals surface area contributed by atoms with Crippen LogP contribution in [-0.2, 0) is 17.8 Å². The first-order valence-corrected chi connectivity index (χ1v) is 8.08. The molecule has 1 unspecified atom stereocenters. The second kappa shape index (κ2) is 5.17. The fourth-order valence-corrected chi connectivity index (χ4v) is 3.33. The Bertz CT molecular complexity index is 485. The first kappa shape index (κ1) is 13.0. The van der Waals surface area contributed by atoms with Gasteiger partial charge in [0.05, 0.1) is 6.04 Å². The zero-order valence-corrected chi connectivity index (χ0v) is 12.1. The second-order valence-corrected chi connectivity index (χ2v) is 6.79. The highest BCUT2D eigenvalue weighted by Crippen LogP contribution is 2.46. The van der Waals surface area contributed by atoms with Crippen LogP contribution in [0.4, 0.5) is 0 Å². The van der Waals surface area contributed by atoms with Gasteiger partial charge in [0.2, 0.25) is 5.91 Å². The van der Waals surface area contributed by atoms with Crippen LogP contribution >= 0.6 is 11.8 Å². The van der Waals surface area contributed by atoms with Gasteiger partial charge < -0.3 is 10.6 Å². The number of hydrogen-bond donors (Lipinski definition) is 2. The van der Waals surface area contributed by atoms with Crippen molar-refractivity contribution in [1.29, 1.82) is 0 Å². The summed E-state index contributed by atoms with van der Waals surface area (Å²) in [6, 6.07) is 8.28. The fourth-order valence-electron chi connectivity index (χ4n) is 2.60. The lowest BCUT2D eigenvalue weighted by molar-refractivity contribution is -0.123. The van der Waals surface area contributed by atoms with Crippen LogP contribution in [0.25, 0.3) is 0 Å². The molecule has 0 spiro atoms. The Hall–Kier alpha value is -1.00. The van der Waals surface area contributed by atoms with Crippen LogP contribution in [0, 0.1) is 0 Å². The molecule has 1 aromatic carbocycles. The highest BCUT2D eigenvalue weighted by Gasteiger charge is 2.42. The largest absolute Gasteiger partial charge is 0.353 e. The van der Waals surface area contributed by atoms with E-state index in [1.165, 1.54) is 24.0 Å². The fraction of sp³-hybridized carbons (Fsp3) is 0.533. The van der Waals surface area contributed by atoms with Crippen molar-refractivity contribution in [1.82, 2.24) is 10.6 Å². The maximum Gasteiger partial charge on any atom is 0.237 e. The van der Waals surface area contributed by atoms with Gasteiger partial charge in [-0.2, -0.15) is 11.8 Å². The SMILES string of the molecule is CSC1(CNC(=O)C2Cc3ccccc3CN2)CC1. The van der Waals surface area contributed by atoms with Crippen LogP contribution in [0.5, 0.6) is 0 Å². The number of carbonyl (C=O) groups excluding carboxylic acids is 1. The van der Waals surface area contributed by atoms with Gasteiger partial charge in [-0.3, -0.25) is 4.79 Å². The Morgan fingerprint density at radius 3 is 2.84 bits per heavy atom. The van der Waals surface area contributed by atoms with Gasteiger partial charge in [-0.05, 0) is 36.6 Å². The molecule has 19 heavy (non-hydrogen) atoms. The van der Waals surface area contributed by atoms with Crippen LogP contribution in [-0.4, -0.2) is 29.5 Å². The van der Waals surface area contributed by atoms with Gasteiger partial charge in [-0.1, -0.05) is 24.3 Å². The second-order valence-electron chi connectivity index (χ2n) is 5.51. The van der Waals surface area contributed by atoms with E-state index in [0.717, 1.165) is 19.5 Å². The Morgan fingerprint density at radius 2 is 2.16 bits per heavy atom. The molecule has 0 bridgehead atoms. The van der Waals surface area contributed by atoms with Gasteiger partial charge in [0.15, 0.2) is 0 Å². The lowest BCUT2D eigenvalue weighted by Crippen LogP contribution is -2.49. The molecule has 0 saturated heterocycles. The molecule has 102 valence electrons. The molecule has 1 aliphatic heterocycles. The zero-order valence-electron chi connectivity index (χ0n) is 11.2. The number of hydrogen-bond acceptors (Lipinski definition) is 3. The van der Waals surface area contributed by atoms with E-state index in [2.05, 4.69) is 35.1 Å². The lowest BCUT2D eigenvalue weighted by Gasteiger charge is -2.26. The van der Waals surface area contributed by atoms with Crippen molar-refractivity contribution in [2.24, 2.45) is 0 Å². The molecule has 4 heteroatoms. The van der Waals surface area contributed by atoms with Gasteiger partial charge in [0.25, 0.3) is 0 Å². The Morgan fingerprint density at radius 1 is 1.42 bits per heavy atom. The standard InChI is InChI=1S/C15H20N2OS/c1-19-15(6-7-15)10-17-14(18)13-8-11-4-2-3-5-12(11)9-16-13/h2-5,13,16H,6-10H2,1H3,(H,17,18). The van der Waals surface area contributed by atoms with Gasteiger partial charge in [0, 0.05) is 17.8 Å². The molecule has 3 nitrogen and oxygen atoms in total. The molecule has 3 rings (SSSR count). The first-order chi connectivity index (χ1) is 9.22. The van der Waals surface area contributed by atoms with Crippen molar-refractivity contribution < 1.29 is 4.79 Å². The summed E-state index contributed by atoms with van der Waals surface area (Å²) in [4.78, 5) is 12.2.